The summed E-state index contributed by atoms with van der Waals surface area (Å²) in [5.74, 6) is 0.190. The SMILES string of the molecule is COc1ccc(NS(=O)(=O)c2cc(NC(=O)c3ccc(Cl)nc3)ccc2C)cc1. The number of carbonyl (C=O) groups excluding carboxylic acids is 1. The second kappa shape index (κ2) is 8.50. The molecule has 2 aromatic carbocycles. The van der Waals surface area contributed by atoms with Gasteiger partial charge in [-0.3, -0.25) is 9.52 Å². The van der Waals surface area contributed by atoms with Crippen LogP contribution in [0.4, 0.5) is 11.4 Å². The molecule has 1 aromatic heterocycles. The van der Waals surface area contributed by atoms with E-state index in [9.17, 15) is 13.2 Å². The summed E-state index contributed by atoms with van der Waals surface area (Å²) in [6, 6.07) is 14.2. The van der Waals surface area contributed by atoms with E-state index in [-0.39, 0.29) is 10.0 Å². The highest BCUT2D eigenvalue weighted by atomic mass is 35.5. The minimum atomic E-state index is -3.86. The van der Waals surface area contributed by atoms with E-state index < -0.39 is 15.9 Å². The van der Waals surface area contributed by atoms with Crippen LogP contribution in [0.2, 0.25) is 5.15 Å². The Labute approximate surface area is 173 Å². The minimum absolute atomic E-state index is 0.0559. The van der Waals surface area contributed by atoms with E-state index in [1.165, 1.54) is 31.5 Å². The molecule has 0 aliphatic carbocycles. The molecule has 0 aliphatic heterocycles. The van der Waals surface area contributed by atoms with E-state index in [2.05, 4.69) is 15.0 Å². The predicted molar refractivity (Wildman–Crippen MR) is 112 cm³/mol. The topological polar surface area (TPSA) is 97.4 Å². The van der Waals surface area contributed by atoms with Crippen molar-refractivity contribution in [3.63, 3.8) is 0 Å². The molecule has 150 valence electrons. The van der Waals surface area contributed by atoms with E-state index in [0.717, 1.165) is 0 Å². The van der Waals surface area contributed by atoms with Crippen LogP contribution in [0, 0.1) is 6.92 Å². The second-order valence-electron chi connectivity index (χ2n) is 6.14. The first-order valence-electron chi connectivity index (χ1n) is 8.49. The third-order valence-corrected chi connectivity index (χ3v) is 5.81. The Kier molecular flexibility index (Phi) is 6.05. The monoisotopic (exact) mass is 431 g/mol. The van der Waals surface area contributed by atoms with E-state index in [4.69, 9.17) is 16.3 Å². The Hall–Kier alpha value is -3.10. The van der Waals surface area contributed by atoms with Crippen LogP contribution in [0.1, 0.15) is 15.9 Å². The van der Waals surface area contributed by atoms with Crippen LogP contribution >= 0.6 is 11.6 Å². The number of amides is 1. The summed E-state index contributed by atoms with van der Waals surface area (Å²) in [6.07, 6.45) is 1.34. The lowest BCUT2D eigenvalue weighted by Crippen LogP contribution is -2.16. The molecule has 0 atom stereocenters. The number of nitrogens with zero attached hydrogens (tertiary/aromatic N) is 1. The Morgan fingerprint density at radius 3 is 2.34 bits per heavy atom. The van der Waals surface area contributed by atoms with Crippen LogP contribution in [0.5, 0.6) is 5.75 Å². The fourth-order valence-electron chi connectivity index (χ4n) is 2.55. The van der Waals surface area contributed by atoms with Crippen LogP contribution in [0.3, 0.4) is 0 Å². The summed E-state index contributed by atoms with van der Waals surface area (Å²) in [6.45, 7) is 1.68. The molecule has 0 aliphatic rings. The van der Waals surface area contributed by atoms with Crippen LogP contribution in [0.15, 0.2) is 65.7 Å². The average Bonchev–Trinajstić information content (AvgIpc) is 2.70. The van der Waals surface area contributed by atoms with Gasteiger partial charge in [0.05, 0.1) is 17.6 Å². The number of hydrogen-bond donors (Lipinski definition) is 2. The number of pyridine rings is 1. The molecule has 2 N–H and O–H groups in total. The number of benzene rings is 2. The Morgan fingerprint density at radius 2 is 1.72 bits per heavy atom. The molecule has 0 saturated heterocycles. The molecule has 3 aromatic rings. The zero-order valence-electron chi connectivity index (χ0n) is 15.6. The maximum Gasteiger partial charge on any atom is 0.262 e. The number of rotatable bonds is 6. The fourth-order valence-corrected chi connectivity index (χ4v) is 3.99. The zero-order chi connectivity index (χ0) is 21.0. The van der Waals surface area contributed by atoms with Crippen LogP contribution in [0.25, 0.3) is 0 Å². The first kappa shape index (κ1) is 20.6. The number of nitrogens with one attached hydrogen (secondary N) is 2. The van der Waals surface area contributed by atoms with Gasteiger partial charge in [0.1, 0.15) is 10.9 Å². The highest BCUT2D eigenvalue weighted by Crippen LogP contribution is 2.24. The van der Waals surface area contributed by atoms with Gasteiger partial charge >= 0.3 is 0 Å². The molecular formula is C20H18ClN3O4S. The van der Waals surface area contributed by atoms with E-state index >= 15 is 0 Å². The average molecular weight is 432 g/mol. The first-order valence-corrected chi connectivity index (χ1v) is 10.3. The fraction of sp³-hybridized carbons (Fsp3) is 0.100. The highest BCUT2D eigenvalue weighted by molar-refractivity contribution is 7.92. The largest absolute Gasteiger partial charge is 0.497 e. The van der Waals surface area contributed by atoms with Crippen molar-refractivity contribution in [1.82, 2.24) is 4.98 Å². The van der Waals surface area contributed by atoms with Crippen LogP contribution < -0.4 is 14.8 Å². The molecule has 7 nitrogen and oxygen atoms in total. The van der Waals surface area contributed by atoms with Gasteiger partial charge in [-0.05, 0) is 61.0 Å². The number of aromatic nitrogens is 1. The summed E-state index contributed by atoms with van der Waals surface area (Å²) in [4.78, 5) is 16.3. The first-order chi connectivity index (χ1) is 13.8. The van der Waals surface area contributed by atoms with Crippen molar-refractivity contribution in [2.75, 3.05) is 17.1 Å². The third-order valence-electron chi connectivity index (χ3n) is 4.07. The van der Waals surface area contributed by atoms with Crippen molar-refractivity contribution in [1.29, 1.82) is 0 Å². The lowest BCUT2D eigenvalue weighted by atomic mass is 10.2. The molecule has 0 fully saturated rings. The molecule has 0 bridgehead atoms. The normalized spacial score (nSPS) is 11.0. The Balaban J connectivity index is 1.83. The molecule has 0 radical (unpaired) electrons. The summed E-state index contributed by atoms with van der Waals surface area (Å²) < 4.78 is 33.3. The smallest absolute Gasteiger partial charge is 0.262 e. The maximum atomic E-state index is 12.8. The lowest BCUT2D eigenvalue weighted by molar-refractivity contribution is 0.102. The van der Waals surface area contributed by atoms with Gasteiger partial charge < -0.3 is 10.1 Å². The van der Waals surface area contributed by atoms with Crippen molar-refractivity contribution < 1.29 is 17.9 Å². The quantitative estimate of drug-likeness (QED) is 0.572. The summed E-state index contributed by atoms with van der Waals surface area (Å²) in [5, 5.41) is 2.94. The number of sulfonamides is 1. The number of halogens is 1. The van der Waals surface area contributed by atoms with Gasteiger partial charge in [-0.25, -0.2) is 13.4 Å². The maximum absolute atomic E-state index is 12.8. The van der Waals surface area contributed by atoms with Gasteiger partial charge in [-0.15, -0.1) is 0 Å². The number of aryl methyl sites for hydroxylation is 1. The number of anilines is 2. The summed E-state index contributed by atoms with van der Waals surface area (Å²) >= 11 is 5.72. The summed E-state index contributed by atoms with van der Waals surface area (Å²) in [7, 11) is -2.33. The molecule has 1 amide bonds. The van der Waals surface area contributed by atoms with Crippen LogP contribution in [-0.4, -0.2) is 26.4 Å². The van der Waals surface area contributed by atoms with Crippen LogP contribution in [-0.2, 0) is 10.0 Å². The number of hydrogen-bond acceptors (Lipinski definition) is 5. The van der Waals surface area contributed by atoms with E-state index in [1.54, 1.807) is 43.3 Å². The molecule has 0 spiro atoms. The van der Waals surface area contributed by atoms with Gasteiger partial charge in [0.2, 0.25) is 0 Å². The Morgan fingerprint density at radius 1 is 1.03 bits per heavy atom. The molecule has 0 saturated carbocycles. The lowest BCUT2D eigenvalue weighted by Gasteiger charge is -2.13. The van der Waals surface area contributed by atoms with Gasteiger partial charge in [0.25, 0.3) is 15.9 Å². The van der Waals surface area contributed by atoms with E-state index in [0.29, 0.717) is 28.3 Å². The van der Waals surface area contributed by atoms with Crippen molar-refractivity contribution in [3.8, 4) is 5.75 Å². The van der Waals surface area contributed by atoms with Gasteiger partial charge in [0, 0.05) is 17.6 Å². The van der Waals surface area contributed by atoms with Gasteiger partial charge in [-0.2, -0.15) is 0 Å². The van der Waals surface area contributed by atoms with Crippen molar-refractivity contribution in [3.05, 3.63) is 77.1 Å². The molecular weight excluding hydrogens is 414 g/mol. The van der Waals surface area contributed by atoms with Gasteiger partial charge in [-0.1, -0.05) is 17.7 Å². The number of methoxy groups -OCH3 is 1. The van der Waals surface area contributed by atoms with Crippen molar-refractivity contribution >= 4 is 38.9 Å². The van der Waals surface area contributed by atoms with Gasteiger partial charge in [0.15, 0.2) is 0 Å². The minimum Gasteiger partial charge on any atom is -0.497 e. The number of carbonyl (C=O) groups is 1. The Bertz CT molecular complexity index is 1130. The summed E-state index contributed by atoms with van der Waals surface area (Å²) in [5.41, 5.74) is 1.57. The molecule has 1 heterocycles. The van der Waals surface area contributed by atoms with E-state index in [1.807, 2.05) is 0 Å². The van der Waals surface area contributed by atoms with Crippen molar-refractivity contribution in [2.45, 2.75) is 11.8 Å². The number of ether oxygens (including phenoxy) is 1. The predicted octanol–water partition coefficient (Wildman–Crippen LogP) is 4.11. The molecule has 3 rings (SSSR count). The molecule has 9 heteroatoms. The van der Waals surface area contributed by atoms with Crippen molar-refractivity contribution in [2.24, 2.45) is 0 Å². The third kappa shape index (κ3) is 5.04. The second-order valence-corrected chi connectivity index (χ2v) is 8.18. The zero-order valence-corrected chi connectivity index (χ0v) is 17.2. The molecule has 0 unspecified atom stereocenters. The molecule has 29 heavy (non-hydrogen) atoms. The standard InChI is InChI=1S/C20H18ClN3O4S/c1-13-3-5-16(23-20(25)14-4-10-19(21)22-12-14)11-18(13)29(26,27)24-15-6-8-17(28-2)9-7-15/h3-12,24H,1-2H3,(H,23,25). The highest BCUT2D eigenvalue weighted by Gasteiger charge is 2.18.